The Labute approximate surface area is 220 Å². The molecule has 0 fully saturated rings. The summed E-state index contributed by atoms with van der Waals surface area (Å²) in [4.78, 5) is 16.0. The maximum atomic E-state index is 13.6. The van der Waals surface area contributed by atoms with Gasteiger partial charge in [-0.2, -0.15) is 4.31 Å². The molecule has 11 heteroatoms. The second kappa shape index (κ2) is 9.80. The van der Waals surface area contributed by atoms with Crippen LogP contribution in [0.15, 0.2) is 53.7 Å². The largest absolute Gasteiger partial charge is 0.488 e. The molecule has 2 unspecified atom stereocenters. The Hall–Kier alpha value is -3.83. The molecule has 2 aromatic heterocycles. The summed E-state index contributed by atoms with van der Waals surface area (Å²) in [5.41, 5.74) is 5.79. The highest BCUT2D eigenvalue weighted by molar-refractivity contribution is 7.89. The molecule has 1 N–H and O–H groups in total. The number of aliphatic carboxylic acids is 1. The van der Waals surface area contributed by atoms with E-state index in [0.717, 1.165) is 38.9 Å². The Bertz CT molecular complexity index is 1650. The Morgan fingerprint density at radius 2 is 2.00 bits per heavy atom. The lowest BCUT2D eigenvalue weighted by Crippen LogP contribution is -2.35. The number of hydrogen-bond donors (Lipinski definition) is 1. The van der Waals surface area contributed by atoms with E-state index >= 15 is 0 Å². The van der Waals surface area contributed by atoms with Gasteiger partial charge >= 0.3 is 5.97 Å². The molecule has 1 aliphatic heterocycles. The molecule has 0 spiro atoms. The molecule has 38 heavy (non-hydrogen) atoms. The summed E-state index contributed by atoms with van der Waals surface area (Å²) in [6, 6.07) is 11.1. The first-order valence-corrected chi connectivity index (χ1v) is 13.7. The number of ether oxygens (including phenoxy) is 1. The first-order chi connectivity index (χ1) is 18.1. The zero-order valence-electron chi connectivity index (χ0n) is 21.6. The van der Waals surface area contributed by atoms with Crippen LogP contribution in [-0.4, -0.2) is 56.4 Å². The van der Waals surface area contributed by atoms with E-state index in [9.17, 15) is 18.3 Å². The molecule has 0 radical (unpaired) electrons. The van der Waals surface area contributed by atoms with Crippen LogP contribution in [-0.2, 0) is 28.4 Å². The number of fused-ring (bicyclic) bond motifs is 2. The van der Waals surface area contributed by atoms with Crippen molar-refractivity contribution in [3.8, 4) is 5.75 Å². The molecular formula is C27H29N5O5S. The van der Waals surface area contributed by atoms with Crippen molar-refractivity contribution < 1.29 is 23.1 Å². The van der Waals surface area contributed by atoms with Crippen LogP contribution in [0.5, 0.6) is 5.75 Å². The van der Waals surface area contributed by atoms with E-state index in [0.29, 0.717) is 0 Å². The van der Waals surface area contributed by atoms with Crippen LogP contribution in [0.4, 0.5) is 0 Å². The van der Waals surface area contributed by atoms with E-state index in [-0.39, 0.29) is 36.3 Å². The second-order valence-corrected chi connectivity index (χ2v) is 11.7. The number of nitrogens with zero attached hydrogens (tertiary/aromatic N) is 5. The van der Waals surface area contributed by atoms with Gasteiger partial charge in [0, 0.05) is 25.7 Å². The van der Waals surface area contributed by atoms with Crippen molar-refractivity contribution in [1.82, 2.24) is 24.3 Å². The van der Waals surface area contributed by atoms with Gasteiger partial charge < -0.3 is 9.84 Å². The molecule has 2 aromatic carbocycles. The zero-order chi connectivity index (χ0) is 27.2. The Kier molecular flexibility index (Phi) is 6.66. The van der Waals surface area contributed by atoms with Crippen molar-refractivity contribution in [1.29, 1.82) is 0 Å². The summed E-state index contributed by atoms with van der Waals surface area (Å²) >= 11 is 0. The van der Waals surface area contributed by atoms with Crippen molar-refractivity contribution in [2.45, 2.75) is 50.7 Å². The molecule has 10 nitrogen and oxygen atoms in total. The molecule has 2 atom stereocenters. The molecule has 0 aliphatic carbocycles. The highest BCUT2D eigenvalue weighted by Gasteiger charge is 2.34. The lowest BCUT2D eigenvalue weighted by Gasteiger charge is -2.24. The van der Waals surface area contributed by atoms with Gasteiger partial charge in [0.15, 0.2) is 0 Å². The minimum atomic E-state index is -3.87. The van der Waals surface area contributed by atoms with Crippen LogP contribution in [0.2, 0.25) is 0 Å². The SMILES string of the molecule is Cc1ccc(C(CC(=O)O)c2ccc3c(nnn3C)c2C)cc1CN1CC(C)Oc2ccncc2S1(=O)=O. The number of sulfonamides is 1. The quantitative estimate of drug-likeness (QED) is 0.397. The van der Waals surface area contributed by atoms with Gasteiger partial charge in [-0.05, 0) is 60.7 Å². The van der Waals surface area contributed by atoms with E-state index in [1.807, 2.05) is 58.2 Å². The highest BCUT2D eigenvalue weighted by Crippen LogP contribution is 2.35. The van der Waals surface area contributed by atoms with Crippen LogP contribution in [0.3, 0.4) is 0 Å². The number of aromatic nitrogens is 4. The van der Waals surface area contributed by atoms with E-state index in [1.54, 1.807) is 10.7 Å². The standard InChI is InChI=1S/C27H29N5O5S/c1-16-5-6-19(22(12-26(33)34)21-7-8-23-27(18(21)3)29-30-31(23)4)11-20(16)15-32-14-17(2)37-24-9-10-28-13-25(24)38(32,35)36/h5-11,13,17,22H,12,14-15H2,1-4H3,(H,33,34). The Balaban J connectivity index is 1.56. The fraction of sp³-hybridized carbons (Fsp3) is 0.333. The van der Waals surface area contributed by atoms with Gasteiger partial charge in [0.1, 0.15) is 22.3 Å². The van der Waals surface area contributed by atoms with Gasteiger partial charge in [-0.1, -0.05) is 29.5 Å². The van der Waals surface area contributed by atoms with Crippen LogP contribution in [0.1, 0.15) is 47.1 Å². The topological polar surface area (TPSA) is 128 Å². The summed E-state index contributed by atoms with van der Waals surface area (Å²) in [6.45, 7) is 5.96. The molecule has 198 valence electrons. The predicted octanol–water partition coefficient (Wildman–Crippen LogP) is 3.56. The van der Waals surface area contributed by atoms with Gasteiger partial charge in [-0.25, -0.2) is 13.1 Å². The van der Waals surface area contributed by atoms with E-state index in [2.05, 4.69) is 15.3 Å². The Morgan fingerprint density at radius 1 is 1.21 bits per heavy atom. The predicted molar refractivity (Wildman–Crippen MR) is 140 cm³/mol. The van der Waals surface area contributed by atoms with Crippen molar-refractivity contribution in [2.75, 3.05) is 6.54 Å². The van der Waals surface area contributed by atoms with Gasteiger partial charge in [0.25, 0.3) is 0 Å². The molecule has 0 bridgehead atoms. The lowest BCUT2D eigenvalue weighted by molar-refractivity contribution is -0.137. The first kappa shape index (κ1) is 25.8. The third-order valence-corrected chi connectivity index (χ3v) is 8.93. The lowest BCUT2D eigenvalue weighted by atomic mass is 9.84. The summed E-state index contributed by atoms with van der Waals surface area (Å²) < 4.78 is 36.1. The molecule has 0 amide bonds. The van der Waals surface area contributed by atoms with E-state index in [4.69, 9.17) is 4.74 Å². The van der Waals surface area contributed by atoms with Gasteiger partial charge in [0.05, 0.1) is 24.7 Å². The smallest absolute Gasteiger partial charge is 0.304 e. The molecule has 4 aromatic rings. The minimum absolute atomic E-state index is 0.0369. The summed E-state index contributed by atoms with van der Waals surface area (Å²) in [7, 11) is -2.05. The van der Waals surface area contributed by atoms with Gasteiger partial charge in [-0.15, -0.1) is 5.10 Å². The number of pyridine rings is 1. The van der Waals surface area contributed by atoms with Gasteiger partial charge in [0.2, 0.25) is 10.0 Å². The van der Waals surface area contributed by atoms with Crippen molar-refractivity contribution in [3.05, 3.63) is 76.6 Å². The van der Waals surface area contributed by atoms with E-state index < -0.39 is 21.9 Å². The van der Waals surface area contributed by atoms with E-state index in [1.165, 1.54) is 16.7 Å². The number of carboxylic acid groups (broad SMARTS) is 1. The zero-order valence-corrected chi connectivity index (χ0v) is 22.4. The molecule has 5 rings (SSSR count). The van der Waals surface area contributed by atoms with Crippen LogP contribution < -0.4 is 4.74 Å². The first-order valence-electron chi connectivity index (χ1n) is 12.3. The fourth-order valence-corrected chi connectivity index (χ4v) is 6.62. The van der Waals surface area contributed by atoms with Gasteiger partial charge in [-0.3, -0.25) is 9.78 Å². The maximum absolute atomic E-state index is 13.6. The van der Waals surface area contributed by atoms with Crippen LogP contribution >= 0.6 is 0 Å². The number of benzene rings is 2. The molecule has 0 saturated carbocycles. The number of carbonyl (C=O) groups is 1. The summed E-state index contributed by atoms with van der Waals surface area (Å²) in [5, 5.41) is 18.1. The molecule has 3 heterocycles. The second-order valence-electron chi connectivity index (χ2n) is 9.75. The fourth-order valence-electron chi connectivity index (χ4n) is 5.06. The average molecular weight is 536 g/mol. The highest BCUT2D eigenvalue weighted by atomic mass is 32.2. The average Bonchev–Trinajstić information content (AvgIpc) is 3.21. The summed E-state index contributed by atoms with van der Waals surface area (Å²) in [6.07, 6.45) is 2.33. The number of hydrogen-bond acceptors (Lipinski definition) is 7. The van der Waals surface area contributed by atoms with Crippen LogP contribution in [0, 0.1) is 13.8 Å². The molecule has 1 aliphatic rings. The number of carboxylic acids is 1. The molecule has 0 saturated heterocycles. The summed E-state index contributed by atoms with van der Waals surface area (Å²) in [5.74, 6) is -1.09. The third-order valence-electron chi connectivity index (χ3n) is 7.11. The van der Waals surface area contributed by atoms with Crippen molar-refractivity contribution in [2.24, 2.45) is 7.05 Å². The molecular weight excluding hydrogens is 506 g/mol. The monoisotopic (exact) mass is 535 g/mol. The minimum Gasteiger partial charge on any atom is -0.488 e. The van der Waals surface area contributed by atoms with Crippen molar-refractivity contribution >= 4 is 27.0 Å². The van der Waals surface area contributed by atoms with Crippen molar-refractivity contribution in [3.63, 3.8) is 0 Å². The third kappa shape index (κ3) is 4.63. The number of rotatable bonds is 6. The normalized spacial score (nSPS) is 17.9. The number of aryl methyl sites for hydroxylation is 3. The maximum Gasteiger partial charge on any atom is 0.304 e. The Morgan fingerprint density at radius 3 is 2.76 bits per heavy atom. The van der Waals surface area contributed by atoms with Crippen LogP contribution in [0.25, 0.3) is 11.0 Å².